The highest BCUT2D eigenvalue weighted by Gasteiger charge is 2.24. The Morgan fingerprint density at radius 3 is 2.72 bits per heavy atom. The monoisotopic (exact) mass is 338 g/mol. The van der Waals surface area contributed by atoms with E-state index in [0.29, 0.717) is 11.6 Å². The van der Waals surface area contributed by atoms with Gasteiger partial charge in [-0.15, -0.1) is 0 Å². The fourth-order valence-corrected chi connectivity index (χ4v) is 3.36. The summed E-state index contributed by atoms with van der Waals surface area (Å²) in [5.41, 5.74) is 4.93. The van der Waals surface area contributed by atoms with E-state index in [0.717, 1.165) is 41.0 Å². The van der Waals surface area contributed by atoms with Gasteiger partial charge in [-0.3, -0.25) is 0 Å². The van der Waals surface area contributed by atoms with Crippen LogP contribution in [0.2, 0.25) is 0 Å². The molecule has 2 aromatic carbocycles. The molecule has 0 radical (unpaired) electrons. The van der Waals surface area contributed by atoms with Crippen molar-refractivity contribution >= 4 is 18.0 Å². The average molecular weight is 338 g/mol. The second-order valence-electron chi connectivity index (χ2n) is 6.50. The number of likely N-dealkylation sites (N-methyl/N-ethyl adjacent to an activating group) is 1. The van der Waals surface area contributed by atoms with Gasteiger partial charge in [-0.1, -0.05) is 24.8 Å². The molecule has 2 aromatic rings. The molecule has 0 aliphatic carbocycles. The van der Waals surface area contributed by atoms with E-state index in [9.17, 15) is 4.39 Å². The van der Waals surface area contributed by atoms with Gasteiger partial charge in [-0.25, -0.2) is 4.39 Å². The topological polar surface area (TPSA) is 53.6 Å². The van der Waals surface area contributed by atoms with Crippen LogP contribution in [0.25, 0.3) is 17.2 Å². The highest BCUT2D eigenvalue weighted by atomic mass is 19.1. The summed E-state index contributed by atoms with van der Waals surface area (Å²) in [5.74, 6) is 5.13. The first-order valence-corrected chi connectivity index (χ1v) is 8.27. The average Bonchev–Trinajstić information content (AvgIpc) is 2.53. The highest BCUT2D eigenvalue weighted by Crippen LogP contribution is 2.33. The number of rotatable bonds is 5. The number of hydrogen-bond donors (Lipinski definition) is 2. The van der Waals surface area contributed by atoms with Gasteiger partial charge < -0.3 is 16.1 Å². The Balaban J connectivity index is 2.12. The minimum atomic E-state index is -0.240. The zero-order valence-corrected chi connectivity index (χ0v) is 14.6. The zero-order valence-electron chi connectivity index (χ0n) is 14.6. The van der Waals surface area contributed by atoms with E-state index in [1.54, 1.807) is 18.4 Å². The molecule has 3 rings (SSSR count). The van der Waals surface area contributed by atoms with Crippen molar-refractivity contribution in [2.24, 2.45) is 10.9 Å². The van der Waals surface area contributed by atoms with Crippen LogP contribution in [0.4, 0.5) is 10.1 Å². The summed E-state index contributed by atoms with van der Waals surface area (Å²) in [6, 6.07) is 9.35. The van der Waals surface area contributed by atoms with Crippen molar-refractivity contribution in [1.82, 2.24) is 4.90 Å². The summed E-state index contributed by atoms with van der Waals surface area (Å²) in [6.07, 6.45) is 3.36. The van der Waals surface area contributed by atoms with Gasteiger partial charge >= 0.3 is 0 Å². The maximum Gasteiger partial charge on any atom is 0.131 e. The number of anilines is 1. The van der Waals surface area contributed by atoms with Crippen LogP contribution in [0.3, 0.4) is 0 Å². The molecule has 4 nitrogen and oxygen atoms in total. The van der Waals surface area contributed by atoms with E-state index in [1.165, 1.54) is 6.07 Å². The molecule has 0 unspecified atom stereocenters. The molecule has 0 bridgehead atoms. The molecule has 1 aliphatic heterocycles. The fourth-order valence-electron chi connectivity index (χ4n) is 3.36. The van der Waals surface area contributed by atoms with E-state index in [4.69, 9.17) is 5.84 Å². The molecule has 3 N–H and O–H groups in total. The molecule has 0 amide bonds. The van der Waals surface area contributed by atoms with Crippen molar-refractivity contribution in [1.29, 1.82) is 0 Å². The first-order valence-electron chi connectivity index (χ1n) is 8.27. The van der Waals surface area contributed by atoms with Gasteiger partial charge in [0.25, 0.3) is 0 Å². The van der Waals surface area contributed by atoms with Gasteiger partial charge in [-0.2, -0.15) is 5.10 Å². The summed E-state index contributed by atoms with van der Waals surface area (Å²) in [6.45, 7) is 7.76. The largest absolute Gasteiger partial charge is 0.379 e. The van der Waals surface area contributed by atoms with Crippen LogP contribution in [0.1, 0.15) is 16.7 Å². The molecule has 1 saturated heterocycles. The standard InChI is InChI=1S/C20H23FN4/c1-4-17-15(10-23-22)8-14(20-13(2)6-5-7-18(20)21)9-19(17)24-16-11-25(3)12-16/h4-10,16,24H,1,11-12,22H2,2-3H3/b23-10-. The van der Waals surface area contributed by atoms with Crippen molar-refractivity contribution in [2.75, 3.05) is 25.5 Å². The molecule has 5 heteroatoms. The molecule has 130 valence electrons. The van der Waals surface area contributed by atoms with Crippen molar-refractivity contribution in [3.05, 3.63) is 59.4 Å². The Morgan fingerprint density at radius 1 is 1.36 bits per heavy atom. The van der Waals surface area contributed by atoms with Crippen LogP contribution in [-0.2, 0) is 0 Å². The van der Waals surface area contributed by atoms with Gasteiger partial charge in [0.15, 0.2) is 0 Å². The molecule has 0 spiro atoms. The minimum absolute atomic E-state index is 0.240. The third kappa shape index (κ3) is 3.42. The van der Waals surface area contributed by atoms with Crippen LogP contribution < -0.4 is 11.2 Å². The maximum absolute atomic E-state index is 14.5. The second kappa shape index (κ2) is 7.07. The smallest absolute Gasteiger partial charge is 0.131 e. The SMILES string of the molecule is C=Cc1c(/C=N\N)cc(-c2c(C)cccc2F)cc1NC1CN(C)C1. The third-order valence-corrected chi connectivity index (χ3v) is 4.56. The zero-order chi connectivity index (χ0) is 18.0. The lowest BCUT2D eigenvalue weighted by molar-refractivity contribution is 0.205. The summed E-state index contributed by atoms with van der Waals surface area (Å²) in [7, 11) is 2.08. The number of nitrogens with two attached hydrogens (primary N) is 1. The molecule has 0 saturated carbocycles. The number of hydrazone groups is 1. The molecule has 1 fully saturated rings. The van der Waals surface area contributed by atoms with Crippen molar-refractivity contribution in [3.8, 4) is 11.1 Å². The summed E-state index contributed by atoms with van der Waals surface area (Å²) < 4.78 is 14.5. The molecule has 25 heavy (non-hydrogen) atoms. The molecule has 1 aliphatic rings. The lowest BCUT2D eigenvalue weighted by atomic mass is 9.94. The number of hydrogen-bond acceptors (Lipinski definition) is 4. The van der Waals surface area contributed by atoms with Crippen LogP contribution in [-0.4, -0.2) is 37.3 Å². The lowest BCUT2D eigenvalue weighted by Gasteiger charge is -2.37. The predicted molar refractivity (Wildman–Crippen MR) is 103 cm³/mol. The Kier molecular flexibility index (Phi) is 4.86. The van der Waals surface area contributed by atoms with Crippen molar-refractivity contribution in [2.45, 2.75) is 13.0 Å². The van der Waals surface area contributed by atoms with Crippen LogP contribution in [0, 0.1) is 12.7 Å². The van der Waals surface area contributed by atoms with Gasteiger partial charge in [0.05, 0.1) is 12.3 Å². The van der Waals surface area contributed by atoms with Gasteiger partial charge in [0.1, 0.15) is 5.82 Å². The predicted octanol–water partition coefficient (Wildman–Crippen LogP) is 3.46. The molecule has 0 atom stereocenters. The van der Waals surface area contributed by atoms with Crippen LogP contribution in [0.5, 0.6) is 0 Å². The Labute approximate surface area is 147 Å². The van der Waals surface area contributed by atoms with Crippen molar-refractivity contribution in [3.63, 3.8) is 0 Å². The number of benzene rings is 2. The minimum Gasteiger partial charge on any atom is -0.379 e. The van der Waals surface area contributed by atoms with Gasteiger partial charge in [0, 0.05) is 35.5 Å². The normalized spacial score (nSPS) is 15.3. The van der Waals surface area contributed by atoms with E-state index in [1.807, 2.05) is 25.1 Å². The fraction of sp³-hybridized carbons (Fsp3) is 0.250. The molecular formula is C20H23FN4. The van der Waals surface area contributed by atoms with Gasteiger partial charge in [0.2, 0.25) is 0 Å². The van der Waals surface area contributed by atoms with E-state index in [-0.39, 0.29) is 5.82 Å². The summed E-state index contributed by atoms with van der Waals surface area (Å²) >= 11 is 0. The summed E-state index contributed by atoms with van der Waals surface area (Å²) in [5, 5.41) is 7.20. The van der Waals surface area contributed by atoms with Gasteiger partial charge in [-0.05, 0) is 43.3 Å². The first-order chi connectivity index (χ1) is 12.0. The quantitative estimate of drug-likeness (QED) is 0.499. The Bertz CT molecular complexity index is 802. The molecular weight excluding hydrogens is 315 g/mol. The van der Waals surface area contributed by atoms with E-state index >= 15 is 0 Å². The number of likely N-dealkylation sites (tertiary alicyclic amines) is 1. The number of aryl methyl sites for hydroxylation is 1. The number of nitrogens with zero attached hydrogens (tertiary/aromatic N) is 2. The highest BCUT2D eigenvalue weighted by molar-refractivity contribution is 5.92. The van der Waals surface area contributed by atoms with Crippen LogP contribution in [0.15, 0.2) is 42.0 Å². The number of nitrogens with one attached hydrogen (secondary N) is 1. The van der Waals surface area contributed by atoms with E-state index in [2.05, 4.69) is 28.9 Å². The molecule has 0 aromatic heterocycles. The Hall–Kier alpha value is -2.66. The molecule has 1 heterocycles. The van der Waals surface area contributed by atoms with Crippen molar-refractivity contribution < 1.29 is 4.39 Å². The first kappa shape index (κ1) is 17.2. The third-order valence-electron chi connectivity index (χ3n) is 4.56. The number of halogens is 1. The lowest BCUT2D eigenvalue weighted by Crippen LogP contribution is -2.52. The van der Waals surface area contributed by atoms with Crippen LogP contribution >= 0.6 is 0 Å². The Morgan fingerprint density at radius 2 is 2.12 bits per heavy atom. The summed E-state index contributed by atoms with van der Waals surface area (Å²) in [4.78, 5) is 2.23. The maximum atomic E-state index is 14.5. The van der Waals surface area contributed by atoms with E-state index < -0.39 is 0 Å². The second-order valence-corrected chi connectivity index (χ2v) is 6.50.